The molecule has 10 heteroatoms. The highest BCUT2D eigenvalue weighted by atomic mass is 32.2. The van der Waals surface area contributed by atoms with Crippen LogP contribution in [0, 0.1) is 5.92 Å². The minimum absolute atomic E-state index is 0.0420. The van der Waals surface area contributed by atoms with Crippen molar-refractivity contribution >= 4 is 33.2 Å². The van der Waals surface area contributed by atoms with Crippen LogP contribution in [0.4, 0.5) is 11.4 Å². The second-order valence-corrected chi connectivity index (χ2v) is 10.6. The molecule has 2 fully saturated rings. The lowest BCUT2D eigenvalue weighted by Gasteiger charge is -2.26. The molecule has 9 nitrogen and oxygen atoms in total. The Labute approximate surface area is 206 Å². The number of nitrogens with zero attached hydrogens (tertiary/aromatic N) is 2. The average Bonchev–Trinajstić information content (AvgIpc) is 3.26. The van der Waals surface area contributed by atoms with E-state index in [1.165, 1.54) is 29.6 Å². The SMILES string of the molecule is CCOc1ccccc1N1CC(C(=O)Nc2cc(S(=O)(=O)N3CCCCC3)ccc2OC)CC1=O. The van der Waals surface area contributed by atoms with Gasteiger partial charge in [-0.3, -0.25) is 9.59 Å². The van der Waals surface area contributed by atoms with Crippen LogP contribution in [-0.2, 0) is 19.6 Å². The van der Waals surface area contributed by atoms with Gasteiger partial charge in [-0.15, -0.1) is 0 Å². The summed E-state index contributed by atoms with van der Waals surface area (Å²) in [5, 5.41) is 2.79. The maximum Gasteiger partial charge on any atom is 0.243 e. The third-order valence-electron chi connectivity index (χ3n) is 6.33. The Hall–Kier alpha value is -3.11. The molecule has 1 atom stereocenters. The lowest BCUT2D eigenvalue weighted by molar-refractivity contribution is -0.122. The fraction of sp³-hybridized carbons (Fsp3) is 0.440. The van der Waals surface area contributed by atoms with E-state index in [1.807, 2.05) is 19.1 Å². The highest BCUT2D eigenvalue weighted by molar-refractivity contribution is 7.89. The number of sulfonamides is 1. The smallest absolute Gasteiger partial charge is 0.243 e. The van der Waals surface area contributed by atoms with Crippen molar-refractivity contribution in [2.24, 2.45) is 5.92 Å². The Bertz CT molecular complexity index is 1190. The summed E-state index contributed by atoms with van der Waals surface area (Å²) < 4.78 is 38.7. The molecule has 0 radical (unpaired) electrons. The first-order chi connectivity index (χ1) is 16.8. The van der Waals surface area contributed by atoms with E-state index >= 15 is 0 Å². The van der Waals surface area contributed by atoms with Crippen molar-refractivity contribution in [3.63, 3.8) is 0 Å². The Morgan fingerprint density at radius 3 is 2.54 bits per heavy atom. The number of hydrogen-bond donors (Lipinski definition) is 1. The number of nitrogens with one attached hydrogen (secondary N) is 1. The Kier molecular flexibility index (Phi) is 7.61. The molecule has 1 unspecified atom stereocenters. The standard InChI is InChI=1S/C25H31N3O6S/c1-3-34-23-10-6-5-9-21(23)28-17-18(15-24(28)29)25(30)26-20-16-19(11-12-22(20)33-2)35(31,32)27-13-7-4-8-14-27/h5-6,9-12,16,18H,3-4,7-8,13-15,17H2,1-2H3,(H,26,30). The van der Waals surface area contributed by atoms with E-state index in [-0.39, 0.29) is 35.4 Å². The first-order valence-electron chi connectivity index (χ1n) is 11.9. The van der Waals surface area contributed by atoms with Gasteiger partial charge in [0.15, 0.2) is 0 Å². The summed E-state index contributed by atoms with van der Waals surface area (Å²) in [6, 6.07) is 11.7. The second kappa shape index (κ2) is 10.7. The highest BCUT2D eigenvalue weighted by Gasteiger charge is 2.37. The van der Waals surface area contributed by atoms with Crippen LogP contribution in [0.5, 0.6) is 11.5 Å². The molecule has 0 aliphatic carbocycles. The fourth-order valence-corrected chi connectivity index (χ4v) is 6.05. The topological polar surface area (TPSA) is 105 Å². The zero-order chi connectivity index (χ0) is 25.0. The number of rotatable bonds is 8. The summed E-state index contributed by atoms with van der Waals surface area (Å²) in [6.45, 7) is 3.49. The number of hydrogen-bond acceptors (Lipinski definition) is 6. The van der Waals surface area contributed by atoms with Crippen molar-refractivity contribution < 1.29 is 27.5 Å². The number of amides is 2. The highest BCUT2D eigenvalue weighted by Crippen LogP contribution is 2.35. The molecule has 0 bridgehead atoms. The van der Waals surface area contributed by atoms with E-state index in [9.17, 15) is 18.0 Å². The number of ether oxygens (including phenoxy) is 2. The van der Waals surface area contributed by atoms with E-state index in [1.54, 1.807) is 17.0 Å². The summed E-state index contributed by atoms with van der Waals surface area (Å²) >= 11 is 0. The summed E-state index contributed by atoms with van der Waals surface area (Å²) in [4.78, 5) is 27.6. The van der Waals surface area contributed by atoms with Gasteiger partial charge in [0, 0.05) is 26.1 Å². The quantitative estimate of drug-likeness (QED) is 0.595. The lowest BCUT2D eigenvalue weighted by Crippen LogP contribution is -2.35. The van der Waals surface area contributed by atoms with E-state index in [0.717, 1.165) is 19.3 Å². The molecule has 0 spiro atoms. The number of carbonyl (C=O) groups excluding carboxylic acids is 2. The van der Waals surface area contributed by atoms with Crippen molar-refractivity contribution in [2.45, 2.75) is 37.5 Å². The van der Waals surface area contributed by atoms with Crippen molar-refractivity contribution in [1.82, 2.24) is 4.31 Å². The van der Waals surface area contributed by atoms with Crippen molar-refractivity contribution in [1.29, 1.82) is 0 Å². The minimum atomic E-state index is -3.68. The lowest BCUT2D eigenvalue weighted by atomic mass is 10.1. The monoisotopic (exact) mass is 501 g/mol. The number of anilines is 2. The molecule has 2 aromatic carbocycles. The summed E-state index contributed by atoms with van der Waals surface area (Å²) in [5.74, 6) is -0.226. The molecule has 2 aromatic rings. The van der Waals surface area contributed by atoms with Gasteiger partial charge in [-0.25, -0.2) is 8.42 Å². The van der Waals surface area contributed by atoms with Crippen LogP contribution in [-0.4, -0.2) is 57.9 Å². The molecule has 4 rings (SSSR count). The number of para-hydroxylation sites is 2. The molecule has 0 aromatic heterocycles. The van der Waals surface area contributed by atoms with Gasteiger partial charge in [0.1, 0.15) is 11.5 Å². The van der Waals surface area contributed by atoms with Crippen molar-refractivity contribution in [3.05, 3.63) is 42.5 Å². The van der Waals surface area contributed by atoms with Crippen LogP contribution in [0.25, 0.3) is 0 Å². The molecular formula is C25H31N3O6S. The summed E-state index contributed by atoms with van der Waals surface area (Å²) in [5.41, 5.74) is 0.887. The van der Waals surface area contributed by atoms with Gasteiger partial charge in [0.25, 0.3) is 0 Å². The number of methoxy groups -OCH3 is 1. The second-order valence-electron chi connectivity index (χ2n) is 8.62. The van der Waals surface area contributed by atoms with E-state index in [0.29, 0.717) is 36.9 Å². The molecule has 1 N–H and O–H groups in total. The number of carbonyl (C=O) groups is 2. The molecule has 2 aliphatic heterocycles. The largest absolute Gasteiger partial charge is 0.495 e. The number of benzene rings is 2. The molecule has 35 heavy (non-hydrogen) atoms. The maximum absolute atomic E-state index is 13.1. The fourth-order valence-electron chi connectivity index (χ4n) is 4.51. The Balaban J connectivity index is 1.53. The van der Waals surface area contributed by atoms with E-state index in [2.05, 4.69) is 5.32 Å². The number of piperidine rings is 1. The van der Waals surface area contributed by atoms with E-state index < -0.39 is 15.9 Å². The predicted octanol–water partition coefficient (Wildman–Crippen LogP) is 3.26. The first kappa shape index (κ1) is 25.0. The van der Waals surface area contributed by atoms with Gasteiger partial charge >= 0.3 is 0 Å². The van der Waals surface area contributed by atoms with Crippen LogP contribution in [0.1, 0.15) is 32.6 Å². The zero-order valence-electron chi connectivity index (χ0n) is 20.0. The van der Waals surface area contributed by atoms with Crippen LogP contribution in [0.2, 0.25) is 0 Å². The molecule has 2 amide bonds. The maximum atomic E-state index is 13.1. The molecule has 188 valence electrons. The van der Waals surface area contributed by atoms with Gasteiger partial charge in [0.05, 0.1) is 35.9 Å². The van der Waals surface area contributed by atoms with Crippen molar-refractivity contribution in [2.75, 3.05) is 43.6 Å². The van der Waals surface area contributed by atoms with Gasteiger partial charge in [-0.1, -0.05) is 18.6 Å². The van der Waals surface area contributed by atoms with Crippen LogP contribution in [0.15, 0.2) is 47.4 Å². The van der Waals surface area contributed by atoms with Crippen LogP contribution >= 0.6 is 0 Å². The molecular weight excluding hydrogens is 470 g/mol. The van der Waals surface area contributed by atoms with Crippen molar-refractivity contribution in [3.8, 4) is 11.5 Å². The van der Waals surface area contributed by atoms with Crippen LogP contribution in [0.3, 0.4) is 0 Å². The average molecular weight is 502 g/mol. The molecule has 2 heterocycles. The minimum Gasteiger partial charge on any atom is -0.495 e. The zero-order valence-corrected chi connectivity index (χ0v) is 20.8. The predicted molar refractivity (Wildman–Crippen MR) is 132 cm³/mol. The van der Waals surface area contributed by atoms with Crippen LogP contribution < -0.4 is 19.7 Å². The van der Waals surface area contributed by atoms with Gasteiger partial charge in [-0.05, 0) is 50.1 Å². The molecule has 2 saturated heterocycles. The Morgan fingerprint density at radius 1 is 1.09 bits per heavy atom. The summed E-state index contributed by atoms with van der Waals surface area (Å²) in [7, 11) is -2.22. The molecule has 2 aliphatic rings. The van der Waals surface area contributed by atoms with Gasteiger partial charge < -0.3 is 19.7 Å². The first-order valence-corrected chi connectivity index (χ1v) is 13.3. The summed E-state index contributed by atoms with van der Waals surface area (Å²) in [6.07, 6.45) is 2.72. The Morgan fingerprint density at radius 2 is 1.83 bits per heavy atom. The third-order valence-corrected chi connectivity index (χ3v) is 8.23. The molecule has 0 saturated carbocycles. The van der Waals surface area contributed by atoms with E-state index in [4.69, 9.17) is 9.47 Å². The third kappa shape index (κ3) is 5.28. The normalized spacial score (nSPS) is 19.0. The van der Waals surface area contributed by atoms with Gasteiger partial charge in [0.2, 0.25) is 21.8 Å². The van der Waals surface area contributed by atoms with Gasteiger partial charge in [-0.2, -0.15) is 4.31 Å².